The number of hydrogen-bond acceptors (Lipinski definition) is 8. The van der Waals surface area contributed by atoms with Crippen LogP contribution in [0.1, 0.15) is 40.2 Å². The van der Waals surface area contributed by atoms with Crippen LogP contribution in [0.2, 0.25) is 0 Å². The first kappa shape index (κ1) is 26.2. The van der Waals surface area contributed by atoms with E-state index in [1.54, 1.807) is 23.7 Å². The molecule has 200 valence electrons. The van der Waals surface area contributed by atoms with E-state index in [0.717, 1.165) is 49.5 Å². The fraction of sp³-hybridized carbons (Fsp3) is 0.429. The van der Waals surface area contributed by atoms with Crippen molar-refractivity contribution in [3.05, 3.63) is 76.0 Å². The second kappa shape index (κ2) is 11.6. The molecule has 0 spiro atoms. The van der Waals surface area contributed by atoms with Crippen molar-refractivity contribution in [1.29, 1.82) is 0 Å². The Morgan fingerprint density at radius 3 is 2.53 bits per heavy atom. The smallest absolute Gasteiger partial charge is 0.273 e. The van der Waals surface area contributed by atoms with Crippen molar-refractivity contribution in [2.75, 3.05) is 44.9 Å². The standard InChI is InChI=1S/C28H34N6O3S/c1-31(38-3)19-20-6-4-5-7-26(20)32-15-12-21(13-16-32)33-17-14-24-25(18-29-36)30-34(27(24)28(33)35)22-8-10-23(37-2)11-9-22/h4-11,21H,12-19H2,1-3H3. The van der Waals surface area contributed by atoms with Gasteiger partial charge in [0, 0.05) is 43.5 Å². The maximum atomic E-state index is 13.9. The molecule has 0 aliphatic carbocycles. The number of amides is 1. The lowest BCUT2D eigenvalue weighted by atomic mass is 9.96. The Bertz CT molecular complexity index is 1290. The third-order valence-electron chi connectivity index (χ3n) is 7.61. The number of hydrogen-bond donors (Lipinski definition) is 0. The molecule has 0 saturated carbocycles. The van der Waals surface area contributed by atoms with Crippen LogP contribution in [0.4, 0.5) is 5.69 Å². The van der Waals surface area contributed by atoms with Gasteiger partial charge in [-0.25, -0.2) is 8.99 Å². The summed E-state index contributed by atoms with van der Waals surface area (Å²) in [5.74, 6) is 0.707. The second-order valence-corrected chi connectivity index (χ2v) is 10.7. The van der Waals surface area contributed by atoms with E-state index in [4.69, 9.17) is 4.74 Å². The van der Waals surface area contributed by atoms with Gasteiger partial charge in [0.25, 0.3) is 5.91 Å². The van der Waals surface area contributed by atoms with Crippen molar-refractivity contribution in [2.45, 2.75) is 38.4 Å². The molecule has 0 bridgehead atoms. The molecule has 1 aromatic heterocycles. The molecule has 3 heterocycles. The van der Waals surface area contributed by atoms with Gasteiger partial charge in [-0.15, -0.1) is 0 Å². The quantitative estimate of drug-likeness (QED) is 0.295. The molecule has 1 saturated heterocycles. The van der Waals surface area contributed by atoms with Gasteiger partial charge in [-0.2, -0.15) is 10.0 Å². The van der Waals surface area contributed by atoms with E-state index in [9.17, 15) is 9.70 Å². The zero-order valence-electron chi connectivity index (χ0n) is 22.2. The number of carbonyl (C=O) groups excluding carboxylic acids is 1. The molecule has 10 heteroatoms. The number of rotatable bonds is 9. The lowest BCUT2D eigenvalue weighted by Crippen LogP contribution is -2.50. The molecule has 3 aromatic rings. The van der Waals surface area contributed by atoms with Crippen molar-refractivity contribution in [2.24, 2.45) is 5.18 Å². The zero-order valence-corrected chi connectivity index (χ0v) is 23.0. The molecular formula is C28H34N6O3S. The number of fused-ring (bicyclic) bond motifs is 1. The van der Waals surface area contributed by atoms with E-state index in [1.165, 1.54) is 11.3 Å². The van der Waals surface area contributed by atoms with Gasteiger partial charge in [0.15, 0.2) is 0 Å². The highest BCUT2D eigenvalue weighted by Gasteiger charge is 2.37. The topological polar surface area (TPSA) is 83.3 Å². The maximum Gasteiger partial charge on any atom is 0.273 e. The predicted molar refractivity (Wildman–Crippen MR) is 151 cm³/mol. The summed E-state index contributed by atoms with van der Waals surface area (Å²) in [7, 11) is 3.73. The lowest BCUT2D eigenvalue weighted by molar-refractivity contribution is 0.0621. The van der Waals surface area contributed by atoms with Crippen LogP contribution in [0.5, 0.6) is 5.75 Å². The molecular weight excluding hydrogens is 500 g/mol. The fourth-order valence-corrected chi connectivity index (χ4v) is 5.84. The van der Waals surface area contributed by atoms with Gasteiger partial charge < -0.3 is 14.5 Å². The average molecular weight is 535 g/mol. The van der Waals surface area contributed by atoms with Gasteiger partial charge in [0.2, 0.25) is 0 Å². The summed E-state index contributed by atoms with van der Waals surface area (Å²) in [6, 6.07) is 16.2. The van der Waals surface area contributed by atoms with E-state index in [1.807, 2.05) is 29.2 Å². The molecule has 1 fully saturated rings. The largest absolute Gasteiger partial charge is 0.497 e. The van der Waals surface area contributed by atoms with Crippen LogP contribution >= 0.6 is 11.9 Å². The Balaban J connectivity index is 1.35. The SMILES string of the molecule is COc1ccc(-n2nc(CN=O)c3c2C(=O)N(C2CCN(c4ccccc4CN(C)SC)CC2)CC3)cc1. The van der Waals surface area contributed by atoms with Crippen LogP contribution in [-0.4, -0.2) is 71.0 Å². The number of nitroso groups, excluding NO2 is 1. The number of carbonyl (C=O) groups is 1. The second-order valence-electron chi connectivity index (χ2n) is 9.73. The molecule has 2 aromatic carbocycles. The molecule has 0 radical (unpaired) electrons. The van der Waals surface area contributed by atoms with Crippen molar-refractivity contribution in [1.82, 2.24) is 19.0 Å². The fourth-order valence-electron chi connectivity index (χ4n) is 5.57. The first-order chi connectivity index (χ1) is 18.5. The number of piperidine rings is 1. The van der Waals surface area contributed by atoms with Crippen LogP contribution in [0.15, 0.2) is 53.7 Å². The van der Waals surface area contributed by atoms with Crippen LogP contribution in [0.25, 0.3) is 5.69 Å². The Morgan fingerprint density at radius 1 is 1.11 bits per heavy atom. The number of para-hydroxylation sites is 1. The number of benzene rings is 2. The van der Waals surface area contributed by atoms with Crippen LogP contribution in [0.3, 0.4) is 0 Å². The minimum atomic E-state index is -0.0394. The molecule has 2 aliphatic rings. The third kappa shape index (κ3) is 5.15. The van der Waals surface area contributed by atoms with E-state index >= 15 is 0 Å². The van der Waals surface area contributed by atoms with E-state index in [-0.39, 0.29) is 18.5 Å². The van der Waals surface area contributed by atoms with E-state index < -0.39 is 0 Å². The lowest BCUT2D eigenvalue weighted by Gasteiger charge is -2.41. The molecule has 9 nitrogen and oxygen atoms in total. The molecule has 0 unspecified atom stereocenters. The molecule has 0 atom stereocenters. The Labute approximate surface area is 227 Å². The number of ether oxygens (including phenoxy) is 1. The van der Waals surface area contributed by atoms with Crippen LogP contribution < -0.4 is 9.64 Å². The van der Waals surface area contributed by atoms with Gasteiger partial charge in [0.05, 0.1) is 18.5 Å². The van der Waals surface area contributed by atoms with E-state index in [0.29, 0.717) is 24.4 Å². The normalized spacial score (nSPS) is 16.2. The van der Waals surface area contributed by atoms with Gasteiger partial charge in [-0.3, -0.25) is 4.79 Å². The van der Waals surface area contributed by atoms with Gasteiger partial charge in [-0.1, -0.05) is 35.3 Å². The molecule has 0 N–H and O–H groups in total. The van der Waals surface area contributed by atoms with Crippen molar-refractivity contribution in [3.63, 3.8) is 0 Å². The molecule has 2 aliphatic heterocycles. The highest BCUT2D eigenvalue weighted by molar-refractivity contribution is 7.96. The summed E-state index contributed by atoms with van der Waals surface area (Å²) >= 11 is 1.73. The molecule has 1 amide bonds. The Kier molecular flexibility index (Phi) is 7.99. The number of methoxy groups -OCH3 is 1. The number of anilines is 1. The molecule has 5 rings (SSSR count). The zero-order chi connectivity index (χ0) is 26.6. The van der Waals surface area contributed by atoms with Crippen molar-refractivity contribution in [3.8, 4) is 11.4 Å². The average Bonchev–Trinajstić information content (AvgIpc) is 3.33. The van der Waals surface area contributed by atoms with Gasteiger partial charge in [0.1, 0.15) is 18.0 Å². The summed E-state index contributed by atoms with van der Waals surface area (Å²) in [4.78, 5) is 29.5. The van der Waals surface area contributed by atoms with Crippen molar-refractivity contribution >= 4 is 23.5 Å². The van der Waals surface area contributed by atoms with Crippen LogP contribution in [0, 0.1) is 4.91 Å². The maximum absolute atomic E-state index is 13.9. The molecule has 38 heavy (non-hydrogen) atoms. The summed E-state index contributed by atoms with van der Waals surface area (Å²) in [5, 5.41) is 7.72. The third-order valence-corrected chi connectivity index (χ3v) is 8.36. The first-order valence-corrected chi connectivity index (χ1v) is 14.2. The number of aromatic nitrogens is 2. The Morgan fingerprint density at radius 2 is 1.84 bits per heavy atom. The summed E-state index contributed by atoms with van der Waals surface area (Å²) in [6.45, 7) is 3.28. The number of nitrogens with zero attached hydrogens (tertiary/aromatic N) is 6. The minimum Gasteiger partial charge on any atom is -0.497 e. The van der Waals surface area contributed by atoms with Gasteiger partial charge >= 0.3 is 0 Å². The monoisotopic (exact) mass is 534 g/mol. The minimum absolute atomic E-state index is 0.0211. The Hall–Kier alpha value is -3.37. The first-order valence-electron chi connectivity index (χ1n) is 13.0. The summed E-state index contributed by atoms with van der Waals surface area (Å²) in [6.07, 6.45) is 4.58. The van der Waals surface area contributed by atoms with Gasteiger partial charge in [-0.05, 0) is 68.5 Å². The highest BCUT2D eigenvalue weighted by atomic mass is 32.2. The highest BCUT2D eigenvalue weighted by Crippen LogP contribution is 2.32. The predicted octanol–water partition coefficient (Wildman–Crippen LogP) is 4.52. The summed E-state index contributed by atoms with van der Waals surface area (Å²) in [5.41, 5.74) is 5.33. The van der Waals surface area contributed by atoms with E-state index in [2.05, 4.69) is 57.0 Å². The van der Waals surface area contributed by atoms with Crippen molar-refractivity contribution < 1.29 is 9.53 Å². The summed E-state index contributed by atoms with van der Waals surface area (Å²) < 4.78 is 9.19. The van der Waals surface area contributed by atoms with Crippen LogP contribution in [-0.2, 0) is 19.5 Å².